The lowest BCUT2D eigenvalue weighted by atomic mass is 9.85. The highest BCUT2D eigenvalue weighted by molar-refractivity contribution is 6.04. The van der Waals surface area contributed by atoms with Crippen LogP contribution in [0.5, 0.6) is 0 Å². The molecule has 1 unspecified atom stereocenters. The summed E-state index contributed by atoms with van der Waals surface area (Å²) in [5, 5.41) is 2.82. The SMILES string of the molecule is CN(C)c1cccc2c1N(Cc1ccccn1)C(=O)C(CC(=O)[C@H](NC(=O)C(C)(C)N)c1ccccc1)C2. The number of nitrogens with two attached hydrogens (primary N) is 1. The largest absolute Gasteiger partial charge is 0.376 e. The Morgan fingerprint density at radius 2 is 1.79 bits per heavy atom. The third-order valence-corrected chi connectivity index (χ3v) is 6.74. The maximum Gasteiger partial charge on any atom is 0.240 e. The van der Waals surface area contributed by atoms with Crippen molar-refractivity contribution in [2.24, 2.45) is 11.7 Å². The van der Waals surface area contributed by atoms with Crippen molar-refractivity contribution in [2.75, 3.05) is 23.9 Å². The van der Waals surface area contributed by atoms with Gasteiger partial charge in [0.2, 0.25) is 11.8 Å². The number of carbonyl (C=O) groups excluding carboxylic acids is 3. The molecule has 0 aliphatic carbocycles. The Kier molecular flexibility index (Phi) is 7.92. The number of amides is 2. The van der Waals surface area contributed by atoms with Crippen LogP contribution in [0.3, 0.4) is 0 Å². The molecule has 3 N–H and O–H groups in total. The molecule has 0 spiro atoms. The van der Waals surface area contributed by atoms with Crippen LogP contribution in [-0.2, 0) is 27.3 Å². The van der Waals surface area contributed by atoms with E-state index in [1.165, 1.54) is 0 Å². The Morgan fingerprint density at radius 3 is 2.42 bits per heavy atom. The number of ketones is 1. The number of fused-ring (bicyclic) bond motifs is 1. The molecule has 8 nitrogen and oxygen atoms in total. The number of nitrogens with zero attached hydrogens (tertiary/aromatic N) is 3. The highest BCUT2D eigenvalue weighted by Crippen LogP contribution is 2.40. The Morgan fingerprint density at radius 1 is 1.08 bits per heavy atom. The minimum absolute atomic E-state index is 0.0198. The van der Waals surface area contributed by atoms with Crippen molar-refractivity contribution in [1.29, 1.82) is 0 Å². The number of Topliss-reactive ketones (excluding diaryl/α,β-unsaturated/α-hetero) is 1. The van der Waals surface area contributed by atoms with Crippen LogP contribution in [0.4, 0.5) is 11.4 Å². The molecule has 2 amide bonds. The fraction of sp³-hybridized carbons (Fsp3) is 0.333. The van der Waals surface area contributed by atoms with Crippen molar-refractivity contribution >= 4 is 29.0 Å². The molecule has 2 heterocycles. The first kappa shape index (κ1) is 27.0. The van der Waals surface area contributed by atoms with E-state index in [1.807, 2.05) is 73.6 Å². The zero-order valence-corrected chi connectivity index (χ0v) is 22.3. The van der Waals surface area contributed by atoms with Crippen LogP contribution in [0, 0.1) is 5.92 Å². The van der Waals surface area contributed by atoms with Gasteiger partial charge in [-0.15, -0.1) is 0 Å². The fourth-order valence-corrected chi connectivity index (χ4v) is 4.74. The van der Waals surface area contributed by atoms with Crippen LogP contribution in [0.25, 0.3) is 0 Å². The minimum Gasteiger partial charge on any atom is -0.376 e. The molecule has 1 aliphatic rings. The lowest BCUT2D eigenvalue weighted by Crippen LogP contribution is -2.51. The maximum atomic E-state index is 14.0. The second kappa shape index (κ2) is 11.1. The molecule has 198 valence electrons. The lowest BCUT2D eigenvalue weighted by molar-refractivity contribution is -0.132. The van der Waals surface area contributed by atoms with Crippen molar-refractivity contribution in [2.45, 2.75) is 44.8 Å². The fourth-order valence-electron chi connectivity index (χ4n) is 4.74. The topological polar surface area (TPSA) is 109 Å². The van der Waals surface area contributed by atoms with Crippen LogP contribution in [0.2, 0.25) is 0 Å². The number of hydrogen-bond donors (Lipinski definition) is 2. The van der Waals surface area contributed by atoms with Crippen LogP contribution in [0.1, 0.15) is 43.1 Å². The van der Waals surface area contributed by atoms with Crippen molar-refractivity contribution in [3.63, 3.8) is 0 Å². The number of para-hydroxylation sites is 1. The smallest absolute Gasteiger partial charge is 0.240 e. The van der Waals surface area contributed by atoms with Crippen LogP contribution in [0.15, 0.2) is 72.9 Å². The van der Waals surface area contributed by atoms with E-state index in [9.17, 15) is 14.4 Å². The molecule has 3 aromatic rings. The zero-order chi connectivity index (χ0) is 27.4. The van der Waals surface area contributed by atoms with Crippen LogP contribution < -0.4 is 20.9 Å². The zero-order valence-electron chi connectivity index (χ0n) is 22.3. The van der Waals surface area contributed by atoms with Crippen molar-refractivity contribution in [3.05, 3.63) is 89.7 Å². The maximum absolute atomic E-state index is 14.0. The van der Waals surface area contributed by atoms with Gasteiger partial charge in [0.25, 0.3) is 0 Å². The van der Waals surface area contributed by atoms with Crippen molar-refractivity contribution < 1.29 is 14.4 Å². The number of pyridine rings is 1. The number of anilines is 2. The first-order valence-corrected chi connectivity index (χ1v) is 12.7. The molecule has 0 bridgehead atoms. The highest BCUT2D eigenvalue weighted by Gasteiger charge is 2.38. The van der Waals surface area contributed by atoms with Gasteiger partial charge in [-0.1, -0.05) is 48.5 Å². The summed E-state index contributed by atoms with van der Waals surface area (Å²) in [7, 11) is 3.89. The predicted octanol–water partition coefficient (Wildman–Crippen LogP) is 3.41. The van der Waals surface area contributed by atoms with Gasteiger partial charge in [0.15, 0.2) is 5.78 Å². The number of carbonyl (C=O) groups is 3. The number of aromatic nitrogens is 1. The van der Waals surface area contributed by atoms with E-state index in [1.54, 1.807) is 37.1 Å². The lowest BCUT2D eigenvalue weighted by Gasteiger charge is -2.37. The van der Waals surface area contributed by atoms with E-state index < -0.39 is 23.4 Å². The van der Waals surface area contributed by atoms with Gasteiger partial charge in [0.1, 0.15) is 6.04 Å². The van der Waals surface area contributed by atoms with Gasteiger partial charge < -0.3 is 20.9 Å². The van der Waals surface area contributed by atoms with Crippen molar-refractivity contribution in [1.82, 2.24) is 10.3 Å². The summed E-state index contributed by atoms with van der Waals surface area (Å²) in [4.78, 5) is 48.6. The number of nitrogens with one attached hydrogen (secondary N) is 1. The van der Waals surface area contributed by atoms with Gasteiger partial charge in [-0.3, -0.25) is 19.4 Å². The molecule has 0 radical (unpaired) electrons. The van der Waals surface area contributed by atoms with Gasteiger partial charge in [0.05, 0.1) is 29.2 Å². The predicted molar refractivity (Wildman–Crippen MR) is 149 cm³/mol. The Labute approximate surface area is 223 Å². The quantitative estimate of drug-likeness (QED) is 0.454. The first-order valence-electron chi connectivity index (χ1n) is 12.7. The Bertz CT molecular complexity index is 1300. The number of benzene rings is 2. The number of rotatable bonds is 9. The number of hydrogen-bond acceptors (Lipinski definition) is 6. The van der Waals surface area contributed by atoms with Crippen LogP contribution in [-0.4, -0.2) is 42.2 Å². The van der Waals surface area contributed by atoms with Gasteiger partial charge >= 0.3 is 0 Å². The van der Waals surface area contributed by atoms with Gasteiger partial charge in [-0.25, -0.2) is 0 Å². The summed E-state index contributed by atoms with van der Waals surface area (Å²) >= 11 is 0. The molecule has 1 aromatic heterocycles. The minimum atomic E-state index is -1.16. The summed E-state index contributed by atoms with van der Waals surface area (Å²) in [6.45, 7) is 3.48. The first-order chi connectivity index (χ1) is 18.1. The molecule has 8 heteroatoms. The summed E-state index contributed by atoms with van der Waals surface area (Å²) < 4.78 is 0. The molecule has 2 aromatic carbocycles. The van der Waals surface area contributed by atoms with Crippen molar-refractivity contribution in [3.8, 4) is 0 Å². The molecular formula is C30H35N5O3. The Hall–Kier alpha value is -4.04. The van der Waals surface area contributed by atoms with Gasteiger partial charge in [-0.2, -0.15) is 0 Å². The molecule has 1 aliphatic heterocycles. The average molecular weight is 514 g/mol. The second-order valence-corrected chi connectivity index (χ2v) is 10.5. The summed E-state index contributed by atoms with van der Waals surface area (Å²) in [6.07, 6.45) is 2.11. The second-order valence-electron chi connectivity index (χ2n) is 10.5. The third-order valence-electron chi connectivity index (χ3n) is 6.74. The average Bonchev–Trinajstić information content (AvgIpc) is 2.89. The Balaban J connectivity index is 1.67. The molecule has 2 atom stereocenters. The molecule has 4 rings (SSSR count). The van der Waals surface area contributed by atoms with E-state index in [0.717, 1.165) is 22.6 Å². The normalized spacial score (nSPS) is 16.0. The van der Waals surface area contributed by atoms with E-state index in [-0.39, 0.29) is 18.1 Å². The highest BCUT2D eigenvalue weighted by atomic mass is 16.2. The van der Waals surface area contributed by atoms with Gasteiger partial charge in [-0.05, 0) is 49.6 Å². The third kappa shape index (κ3) is 5.92. The van der Waals surface area contributed by atoms with Gasteiger partial charge in [0, 0.05) is 32.6 Å². The van der Waals surface area contributed by atoms with Crippen LogP contribution >= 0.6 is 0 Å². The molecule has 0 saturated carbocycles. The molecule has 38 heavy (non-hydrogen) atoms. The standard InChI is InChI=1S/C30H35N5O3/c1-30(2,31)29(38)33-26(20-11-6-5-7-12-20)25(36)18-22-17-21-13-10-15-24(34(3)4)27(21)35(28(22)37)19-23-14-8-9-16-32-23/h5-16,22,26H,17-19,31H2,1-4H3,(H,33,38)/t22?,26-/m1/s1. The monoisotopic (exact) mass is 513 g/mol. The van der Waals surface area contributed by atoms with E-state index in [4.69, 9.17) is 5.73 Å². The summed E-state index contributed by atoms with van der Waals surface area (Å²) in [5.74, 6) is -1.39. The summed E-state index contributed by atoms with van der Waals surface area (Å²) in [6, 6.07) is 19.7. The van der Waals surface area contributed by atoms with E-state index in [0.29, 0.717) is 18.5 Å². The molecular weight excluding hydrogens is 478 g/mol. The molecule has 0 saturated heterocycles. The summed E-state index contributed by atoms with van der Waals surface area (Å²) in [5.41, 5.74) is 9.01. The van der Waals surface area contributed by atoms with E-state index in [2.05, 4.69) is 10.3 Å². The van der Waals surface area contributed by atoms with E-state index >= 15 is 0 Å². The molecule has 0 fully saturated rings.